The van der Waals surface area contributed by atoms with Crippen molar-refractivity contribution in [3.8, 4) is 5.75 Å². The maximum atomic E-state index is 12.4. The number of carbonyl (C=O) groups excluding carboxylic acids is 2. The fourth-order valence-electron chi connectivity index (χ4n) is 2.61. The van der Waals surface area contributed by atoms with E-state index in [0.29, 0.717) is 29.6 Å². The predicted octanol–water partition coefficient (Wildman–Crippen LogP) is -0.800. The van der Waals surface area contributed by atoms with Crippen molar-refractivity contribution < 1.29 is 14.3 Å². The van der Waals surface area contributed by atoms with Gasteiger partial charge in [0, 0.05) is 36.1 Å². The van der Waals surface area contributed by atoms with Crippen molar-refractivity contribution in [2.75, 3.05) is 20.2 Å². The summed E-state index contributed by atoms with van der Waals surface area (Å²) in [5.74, 6) is 0.106. The molecule has 0 atom stereocenters. The largest absolute Gasteiger partial charge is 0.497 e. The van der Waals surface area contributed by atoms with Crippen LogP contribution in [0.4, 0.5) is 0 Å². The third-order valence-corrected chi connectivity index (χ3v) is 3.69. The molecule has 0 fully saturated rings. The van der Waals surface area contributed by atoms with Crippen molar-refractivity contribution in [3.05, 3.63) is 40.3 Å². The van der Waals surface area contributed by atoms with Crippen molar-refractivity contribution >= 4 is 34.9 Å². The first kappa shape index (κ1) is 15.1. The molecule has 3 rings (SSSR count). The van der Waals surface area contributed by atoms with Crippen LogP contribution in [0, 0.1) is 0 Å². The van der Waals surface area contributed by atoms with Crippen LogP contribution in [0.1, 0.15) is 10.4 Å². The lowest BCUT2D eigenvalue weighted by molar-refractivity contribution is -0.114. The molecule has 2 amide bonds. The van der Waals surface area contributed by atoms with E-state index in [-0.39, 0.29) is 11.8 Å². The van der Waals surface area contributed by atoms with E-state index in [1.165, 1.54) is 12.3 Å². The Hall–Kier alpha value is -2.86. The van der Waals surface area contributed by atoms with Crippen LogP contribution >= 0.6 is 0 Å². The van der Waals surface area contributed by atoms with E-state index in [9.17, 15) is 9.59 Å². The van der Waals surface area contributed by atoms with Crippen molar-refractivity contribution in [2.45, 2.75) is 0 Å². The highest BCUT2D eigenvalue weighted by Crippen LogP contribution is 2.20. The normalized spacial score (nSPS) is 12.7. The Morgan fingerprint density at radius 2 is 2.13 bits per heavy atom. The van der Waals surface area contributed by atoms with E-state index >= 15 is 0 Å². The Labute approximate surface area is 132 Å². The molecule has 2 aromatic rings. The van der Waals surface area contributed by atoms with Gasteiger partial charge in [-0.2, -0.15) is 0 Å². The Kier molecular flexibility index (Phi) is 3.99. The van der Waals surface area contributed by atoms with E-state index < -0.39 is 0 Å². The van der Waals surface area contributed by atoms with E-state index in [4.69, 9.17) is 10.5 Å². The molecule has 0 unspecified atom stereocenters. The zero-order valence-corrected chi connectivity index (χ0v) is 12.6. The molecular weight excluding hydrogens is 294 g/mol. The second kappa shape index (κ2) is 6.10. The third kappa shape index (κ3) is 2.76. The summed E-state index contributed by atoms with van der Waals surface area (Å²) in [4.78, 5) is 24.0. The summed E-state index contributed by atoms with van der Waals surface area (Å²) >= 11 is 0. The van der Waals surface area contributed by atoms with Gasteiger partial charge in [0.15, 0.2) is 0 Å². The van der Waals surface area contributed by atoms with Crippen molar-refractivity contribution in [2.24, 2.45) is 5.73 Å². The average Bonchev–Trinajstić information content (AvgIpc) is 2.57. The van der Waals surface area contributed by atoms with Gasteiger partial charge in [0.05, 0.1) is 7.11 Å². The van der Waals surface area contributed by atoms with Crippen LogP contribution in [-0.4, -0.2) is 32.0 Å². The monoisotopic (exact) mass is 310 g/mol. The molecule has 1 radical (unpaired) electrons. The number of ether oxygens (including phenoxy) is 1. The van der Waals surface area contributed by atoms with Gasteiger partial charge in [0.25, 0.3) is 11.8 Å². The van der Waals surface area contributed by atoms with Crippen molar-refractivity contribution in [1.29, 1.82) is 0 Å². The SMILES string of the molecule is COc1ccc2c(C(=O)NCCN)cc3c(c2c1)=C[N]C(=O)C=3. The Morgan fingerprint density at radius 3 is 2.87 bits per heavy atom. The number of hydrogen-bond acceptors (Lipinski definition) is 4. The van der Waals surface area contributed by atoms with Crippen LogP contribution in [-0.2, 0) is 4.79 Å². The number of nitrogens with zero attached hydrogens (tertiary/aromatic N) is 1. The molecule has 23 heavy (non-hydrogen) atoms. The number of methoxy groups -OCH3 is 1. The minimum absolute atomic E-state index is 0.225. The summed E-state index contributed by atoms with van der Waals surface area (Å²) in [6.07, 6.45) is 2.95. The van der Waals surface area contributed by atoms with Gasteiger partial charge in [0.1, 0.15) is 5.75 Å². The van der Waals surface area contributed by atoms with Crippen LogP contribution in [0.5, 0.6) is 5.75 Å². The molecule has 6 nitrogen and oxygen atoms in total. The highest BCUT2D eigenvalue weighted by Gasteiger charge is 2.14. The average molecular weight is 310 g/mol. The second-order valence-electron chi connectivity index (χ2n) is 5.12. The zero-order chi connectivity index (χ0) is 16.4. The molecular formula is C17H16N3O3. The summed E-state index contributed by atoms with van der Waals surface area (Å²) in [6, 6.07) is 7.17. The van der Waals surface area contributed by atoms with Crippen LogP contribution in [0.15, 0.2) is 24.3 Å². The second-order valence-corrected chi connectivity index (χ2v) is 5.12. The van der Waals surface area contributed by atoms with E-state index in [0.717, 1.165) is 16.0 Å². The first-order valence-electron chi connectivity index (χ1n) is 7.20. The Balaban J connectivity index is 2.31. The molecule has 0 saturated carbocycles. The van der Waals surface area contributed by atoms with Crippen molar-refractivity contribution in [3.63, 3.8) is 0 Å². The molecule has 1 heterocycles. The van der Waals surface area contributed by atoms with Gasteiger partial charge >= 0.3 is 0 Å². The molecule has 3 N–H and O–H groups in total. The van der Waals surface area contributed by atoms with Crippen LogP contribution < -0.4 is 31.5 Å². The highest BCUT2D eigenvalue weighted by atomic mass is 16.5. The molecule has 6 heteroatoms. The number of carbonyl (C=O) groups is 2. The third-order valence-electron chi connectivity index (χ3n) is 3.69. The smallest absolute Gasteiger partial charge is 0.270 e. The summed E-state index contributed by atoms with van der Waals surface area (Å²) < 4.78 is 5.26. The topological polar surface area (TPSA) is 95.5 Å². The van der Waals surface area contributed by atoms with Gasteiger partial charge in [-0.3, -0.25) is 9.59 Å². The summed E-state index contributed by atoms with van der Waals surface area (Å²) in [6.45, 7) is 0.747. The lowest BCUT2D eigenvalue weighted by Gasteiger charge is -2.11. The molecule has 1 aliphatic rings. The number of nitrogens with one attached hydrogen (secondary N) is 1. The van der Waals surface area contributed by atoms with Gasteiger partial charge in [-0.05, 0) is 40.3 Å². The molecule has 0 aromatic heterocycles. The van der Waals surface area contributed by atoms with Crippen molar-refractivity contribution in [1.82, 2.24) is 10.6 Å². The maximum absolute atomic E-state index is 12.4. The molecule has 0 aliphatic carbocycles. The number of rotatable bonds is 4. The van der Waals surface area contributed by atoms with Gasteiger partial charge in [-0.15, -0.1) is 0 Å². The maximum Gasteiger partial charge on any atom is 0.270 e. The predicted molar refractivity (Wildman–Crippen MR) is 87.2 cm³/mol. The zero-order valence-electron chi connectivity index (χ0n) is 12.6. The summed E-state index contributed by atoms with van der Waals surface area (Å²) in [5.41, 5.74) is 5.93. The van der Waals surface area contributed by atoms with Crippen LogP contribution in [0.3, 0.4) is 0 Å². The Morgan fingerprint density at radius 1 is 1.30 bits per heavy atom. The standard InChI is InChI=1S/C17H16N3O3/c1-23-11-2-3-12-13(8-11)15-9-20-16(21)7-10(15)6-14(12)17(22)19-5-4-18/h2-3,6-9H,4-5,18H2,1H3,(H,19,22). The van der Waals surface area contributed by atoms with Gasteiger partial charge in [-0.25, -0.2) is 5.32 Å². The number of hydrogen-bond donors (Lipinski definition) is 2. The molecule has 0 bridgehead atoms. The highest BCUT2D eigenvalue weighted by molar-refractivity contribution is 6.11. The fourth-order valence-corrected chi connectivity index (χ4v) is 2.61. The lowest BCUT2D eigenvalue weighted by atomic mass is 9.98. The molecule has 2 aromatic carbocycles. The molecule has 1 aliphatic heterocycles. The first-order chi connectivity index (χ1) is 11.1. The van der Waals surface area contributed by atoms with E-state index in [2.05, 4.69) is 10.6 Å². The van der Waals surface area contributed by atoms with E-state index in [1.807, 2.05) is 12.1 Å². The first-order valence-corrected chi connectivity index (χ1v) is 7.20. The fraction of sp³-hybridized carbons (Fsp3) is 0.176. The van der Waals surface area contributed by atoms with Gasteiger partial charge in [0.2, 0.25) is 0 Å². The van der Waals surface area contributed by atoms with Gasteiger partial charge in [-0.1, -0.05) is 0 Å². The summed E-state index contributed by atoms with van der Waals surface area (Å²) in [7, 11) is 1.58. The summed E-state index contributed by atoms with van der Waals surface area (Å²) in [5, 5.41) is 9.64. The molecule has 0 saturated heterocycles. The minimum Gasteiger partial charge on any atom is -0.497 e. The molecule has 0 spiro atoms. The van der Waals surface area contributed by atoms with Crippen LogP contribution in [0.2, 0.25) is 0 Å². The number of nitrogens with two attached hydrogens (primary N) is 1. The number of benzene rings is 2. The van der Waals surface area contributed by atoms with E-state index in [1.54, 1.807) is 19.2 Å². The van der Waals surface area contributed by atoms with Crippen LogP contribution in [0.25, 0.3) is 23.0 Å². The number of amides is 2. The van der Waals surface area contributed by atoms with Gasteiger partial charge < -0.3 is 15.8 Å². The molecule has 117 valence electrons. The quantitative estimate of drug-likeness (QED) is 0.773. The minimum atomic E-state index is -0.340. The lowest BCUT2D eigenvalue weighted by Crippen LogP contribution is -2.36. The Bertz CT molecular complexity index is 919. The number of fused-ring (bicyclic) bond motifs is 3.